The number of allylic oxidation sites excluding steroid dienone is 1. The molecule has 2 heterocycles. The number of carboxylic acids is 1. The molecule has 2 aromatic rings. The van der Waals surface area contributed by atoms with E-state index in [4.69, 9.17) is 16.3 Å². The van der Waals surface area contributed by atoms with Crippen molar-refractivity contribution in [1.82, 2.24) is 14.9 Å². The summed E-state index contributed by atoms with van der Waals surface area (Å²) in [6.45, 7) is 11.1. The number of fused-ring (bicyclic) bond motifs is 1. The van der Waals surface area contributed by atoms with Crippen molar-refractivity contribution in [2.24, 2.45) is 17.0 Å². The fourth-order valence-corrected chi connectivity index (χ4v) is 4.49. The predicted molar refractivity (Wildman–Crippen MR) is 137 cm³/mol. The van der Waals surface area contributed by atoms with Crippen molar-refractivity contribution < 1.29 is 14.6 Å². The number of carbonyl (C=O) groups is 1. The first-order valence-corrected chi connectivity index (χ1v) is 12.2. The van der Waals surface area contributed by atoms with E-state index >= 15 is 0 Å². The number of nitrogens with zero attached hydrogens (tertiary/aromatic N) is 3. The van der Waals surface area contributed by atoms with E-state index in [1.54, 1.807) is 26.2 Å². The van der Waals surface area contributed by atoms with Gasteiger partial charge in [0.05, 0.1) is 5.41 Å². The third-order valence-corrected chi connectivity index (χ3v) is 6.90. The second-order valence-electron chi connectivity index (χ2n) is 9.87. The number of hydrogen-bond donors (Lipinski definition) is 3. The lowest BCUT2D eigenvalue weighted by atomic mass is 9.72. The van der Waals surface area contributed by atoms with Crippen LogP contribution in [-0.4, -0.2) is 45.7 Å². The highest BCUT2D eigenvalue weighted by atomic mass is 16.5. The van der Waals surface area contributed by atoms with Crippen molar-refractivity contribution in [2.45, 2.75) is 59.5 Å². The number of hydrogen-bond acceptors (Lipinski definition) is 7. The molecule has 0 amide bonds. The molecule has 190 valence electrons. The first-order valence-electron chi connectivity index (χ1n) is 12.2. The van der Waals surface area contributed by atoms with Crippen LogP contribution in [0.25, 0.3) is 0 Å². The smallest absolute Gasteiger partial charge is 0.309 e. The number of carboxylic acid groups (broad SMARTS) is 1. The van der Waals surface area contributed by atoms with Gasteiger partial charge in [0.25, 0.3) is 0 Å². The summed E-state index contributed by atoms with van der Waals surface area (Å²) in [6.07, 6.45) is 4.64. The molecule has 1 aromatic heterocycles. The van der Waals surface area contributed by atoms with Crippen LogP contribution in [-0.2, 0) is 17.9 Å². The Labute approximate surface area is 208 Å². The Morgan fingerprint density at radius 1 is 1.37 bits per heavy atom. The van der Waals surface area contributed by atoms with Gasteiger partial charge in [-0.3, -0.25) is 9.69 Å². The minimum Gasteiger partial charge on any atom is -0.481 e. The highest BCUT2D eigenvalue weighted by molar-refractivity contribution is 5.75. The zero-order valence-electron chi connectivity index (χ0n) is 21.3. The fourth-order valence-electron chi connectivity index (χ4n) is 4.49. The van der Waals surface area contributed by atoms with E-state index < -0.39 is 11.4 Å². The summed E-state index contributed by atoms with van der Waals surface area (Å²) in [6, 6.07) is 10.3. The number of pyridine rings is 1. The molecule has 1 aliphatic rings. The van der Waals surface area contributed by atoms with Crippen LogP contribution in [0.1, 0.15) is 61.8 Å². The standard InChI is InChI=1S/C27H39N5O3/c1-5-32(29)18-23(28)10-11-24(27(3,4)26(33)34)20-9-8-19(2)22(15-20)17-31-13-14-35-25-21(16-31)7-6-12-30-25/h6-9,12,15,18,24H,5,10-11,13-14,16-17,28-29H2,1-4H3,(H,33,34)/b23-18-. The molecule has 0 saturated heterocycles. The SMILES string of the molecule is CCN(N)/C=C(\N)CCC(c1ccc(C)c(CN2CCOc3ncccc3C2)c1)C(C)(C)C(=O)O. The minimum atomic E-state index is -0.957. The van der Waals surface area contributed by atoms with Gasteiger partial charge in [0.15, 0.2) is 0 Å². The molecule has 1 aliphatic heterocycles. The Kier molecular flexibility index (Phi) is 8.75. The van der Waals surface area contributed by atoms with Crippen molar-refractivity contribution >= 4 is 5.97 Å². The van der Waals surface area contributed by atoms with E-state index in [2.05, 4.69) is 35.0 Å². The van der Waals surface area contributed by atoms with E-state index in [1.807, 2.05) is 19.1 Å². The average molecular weight is 482 g/mol. The third-order valence-electron chi connectivity index (χ3n) is 6.90. The molecule has 5 N–H and O–H groups in total. The zero-order chi connectivity index (χ0) is 25.6. The summed E-state index contributed by atoms with van der Waals surface area (Å²) >= 11 is 0. The van der Waals surface area contributed by atoms with Crippen LogP contribution in [0.2, 0.25) is 0 Å². The Morgan fingerprint density at radius 3 is 2.86 bits per heavy atom. The molecule has 1 aromatic carbocycles. The maximum absolute atomic E-state index is 12.2. The summed E-state index contributed by atoms with van der Waals surface area (Å²) in [7, 11) is 0. The summed E-state index contributed by atoms with van der Waals surface area (Å²) in [5.74, 6) is 5.52. The molecule has 1 unspecified atom stereocenters. The Balaban J connectivity index is 1.85. The third kappa shape index (κ3) is 6.74. The molecule has 0 bridgehead atoms. The number of ether oxygens (including phenoxy) is 1. The number of aryl methyl sites for hydroxylation is 1. The summed E-state index contributed by atoms with van der Waals surface area (Å²) in [5.41, 5.74) is 10.3. The first kappa shape index (κ1) is 26.5. The number of aliphatic carboxylic acids is 1. The van der Waals surface area contributed by atoms with Crippen LogP contribution >= 0.6 is 0 Å². The van der Waals surface area contributed by atoms with Gasteiger partial charge in [0.1, 0.15) is 6.61 Å². The molecule has 0 fully saturated rings. The van der Waals surface area contributed by atoms with E-state index in [0.29, 0.717) is 37.6 Å². The van der Waals surface area contributed by atoms with E-state index in [0.717, 1.165) is 30.8 Å². The maximum Gasteiger partial charge on any atom is 0.309 e. The zero-order valence-corrected chi connectivity index (χ0v) is 21.3. The second-order valence-corrected chi connectivity index (χ2v) is 9.87. The topological polar surface area (TPSA) is 118 Å². The largest absolute Gasteiger partial charge is 0.481 e. The molecule has 3 rings (SSSR count). The Bertz CT molecular complexity index is 1050. The van der Waals surface area contributed by atoms with Gasteiger partial charge in [-0.2, -0.15) is 0 Å². The van der Waals surface area contributed by atoms with Crippen molar-refractivity contribution in [1.29, 1.82) is 0 Å². The number of benzene rings is 1. The maximum atomic E-state index is 12.2. The van der Waals surface area contributed by atoms with Gasteiger partial charge in [-0.1, -0.05) is 24.3 Å². The summed E-state index contributed by atoms with van der Waals surface area (Å²) < 4.78 is 5.82. The first-order chi connectivity index (χ1) is 16.6. The average Bonchev–Trinajstić information content (AvgIpc) is 3.02. The van der Waals surface area contributed by atoms with Crippen LogP contribution in [0, 0.1) is 12.3 Å². The van der Waals surface area contributed by atoms with Crippen molar-refractivity contribution in [3.63, 3.8) is 0 Å². The molecular weight excluding hydrogens is 442 g/mol. The Hall–Kier alpha value is -3.10. The molecule has 8 nitrogen and oxygen atoms in total. The van der Waals surface area contributed by atoms with E-state index in [1.165, 1.54) is 16.1 Å². The number of aromatic nitrogens is 1. The summed E-state index contributed by atoms with van der Waals surface area (Å²) in [4.78, 5) is 18.9. The Morgan fingerprint density at radius 2 is 2.14 bits per heavy atom. The lowest BCUT2D eigenvalue weighted by Gasteiger charge is -2.32. The van der Waals surface area contributed by atoms with Crippen molar-refractivity contribution in [3.05, 3.63) is 70.7 Å². The molecule has 0 saturated carbocycles. The highest BCUT2D eigenvalue weighted by Gasteiger charge is 2.37. The van der Waals surface area contributed by atoms with E-state index in [-0.39, 0.29) is 5.92 Å². The number of rotatable bonds is 10. The normalized spacial score (nSPS) is 15.6. The second kappa shape index (κ2) is 11.6. The van der Waals surface area contributed by atoms with Gasteiger partial charge in [0.2, 0.25) is 5.88 Å². The molecule has 0 spiro atoms. The molecular formula is C27H39N5O3. The van der Waals surface area contributed by atoms with Crippen molar-refractivity contribution in [3.8, 4) is 5.88 Å². The molecule has 35 heavy (non-hydrogen) atoms. The molecule has 0 aliphatic carbocycles. The number of hydrazine groups is 1. The van der Waals surface area contributed by atoms with Crippen LogP contribution < -0.4 is 16.3 Å². The monoisotopic (exact) mass is 481 g/mol. The minimum absolute atomic E-state index is 0.212. The lowest BCUT2D eigenvalue weighted by Crippen LogP contribution is -2.32. The number of nitrogens with two attached hydrogens (primary N) is 2. The predicted octanol–water partition coefficient (Wildman–Crippen LogP) is 3.75. The lowest BCUT2D eigenvalue weighted by molar-refractivity contribution is -0.148. The van der Waals surface area contributed by atoms with Gasteiger partial charge in [-0.15, -0.1) is 0 Å². The van der Waals surface area contributed by atoms with Crippen LogP contribution in [0.3, 0.4) is 0 Å². The molecule has 8 heteroatoms. The molecule has 1 atom stereocenters. The fraction of sp³-hybridized carbons (Fsp3) is 0.481. The van der Waals surface area contributed by atoms with Crippen LogP contribution in [0.4, 0.5) is 0 Å². The van der Waals surface area contributed by atoms with E-state index in [9.17, 15) is 9.90 Å². The van der Waals surface area contributed by atoms with Gasteiger partial charge in [-0.05, 0) is 69.2 Å². The van der Waals surface area contributed by atoms with Gasteiger partial charge >= 0.3 is 5.97 Å². The van der Waals surface area contributed by atoms with Crippen molar-refractivity contribution in [2.75, 3.05) is 19.7 Å². The quantitative estimate of drug-likeness (QED) is 0.347. The highest BCUT2D eigenvalue weighted by Crippen LogP contribution is 2.40. The van der Waals surface area contributed by atoms with Gasteiger partial charge < -0.3 is 20.6 Å². The summed E-state index contributed by atoms with van der Waals surface area (Å²) in [5, 5.41) is 11.6. The van der Waals surface area contributed by atoms with Gasteiger partial charge in [-0.25, -0.2) is 10.8 Å². The van der Waals surface area contributed by atoms with Gasteiger partial charge in [0, 0.05) is 49.8 Å². The van der Waals surface area contributed by atoms with Crippen LogP contribution in [0.5, 0.6) is 5.88 Å². The van der Waals surface area contributed by atoms with Crippen LogP contribution in [0.15, 0.2) is 48.4 Å². The molecule has 0 radical (unpaired) electrons.